The van der Waals surface area contributed by atoms with Gasteiger partial charge in [0, 0.05) is 6.54 Å². The Labute approximate surface area is 84.2 Å². The topological polar surface area (TPSA) is 26.0 Å². The summed E-state index contributed by atoms with van der Waals surface area (Å²) in [7, 11) is 0. The maximum Gasteiger partial charge on any atom is 0.0184 e. The molecule has 0 aromatic heterocycles. The van der Waals surface area contributed by atoms with Gasteiger partial charge in [0.15, 0.2) is 0 Å². The van der Waals surface area contributed by atoms with E-state index in [-0.39, 0.29) is 0 Å². The van der Waals surface area contributed by atoms with E-state index in [0.29, 0.717) is 6.54 Å². The van der Waals surface area contributed by atoms with E-state index in [1.807, 2.05) is 30.3 Å². The molecule has 0 unspecified atom stereocenters. The molecule has 0 saturated heterocycles. The summed E-state index contributed by atoms with van der Waals surface area (Å²) in [6.45, 7) is 0.568. The molecule has 0 spiro atoms. The van der Waals surface area contributed by atoms with Gasteiger partial charge in [-0.05, 0) is 22.8 Å². The summed E-state index contributed by atoms with van der Waals surface area (Å²) in [5.74, 6) is 0. The molecular weight excluding hydrogens is 170 g/mol. The third-order valence-electron chi connectivity index (χ3n) is 2.24. The maximum atomic E-state index is 5.67. The number of hydrogen-bond acceptors (Lipinski definition) is 1. The number of benzene rings is 2. The van der Waals surface area contributed by atoms with Gasteiger partial charge in [0.1, 0.15) is 0 Å². The Hall–Kier alpha value is -1.60. The Morgan fingerprint density at radius 2 is 1.79 bits per heavy atom. The molecule has 14 heavy (non-hydrogen) atoms. The fourth-order valence-corrected chi connectivity index (χ4v) is 1.52. The zero-order valence-corrected chi connectivity index (χ0v) is 7.90. The molecule has 0 atom stereocenters. The van der Waals surface area contributed by atoms with Gasteiger partial charge in [-0.25, -0.2) is 0 Å². The lowest BCUT2D eigenvalue weighted by molar-refractivity contribution is 1.07. The highest BCUT2D eigenvalue weighted by molar-refractivity contribution is 5.66. The van der Waals surface area contributed by atoms with Gasteiger partial charge >= 0.3 is 0 Å². The molecular formula is C13H12N. The molecule has 0 saturated carbocycles. The van der Waals surface area contributed by atoms with Crippen LogP contribution in [0.4, 0.5) is 0 Å². The molecule has 0 heterocycles. The zero-order chi connectivity index (χ0) is 9.80. The van der Waals surface area contributed by atoms with E-state index >= 15 is 0 Å². The number of rotatable bonds is 2. The Balaban J connectivity index is 2.51. The normalized spacial score (nSPS) is 10.1. The highest BCUT2D eigenvalue weighted by Gasteiger charge is 2.01. The molecule has 2 N–H and O–H groups in total. The molecule has 0 aliphatic carbocycles. The standard InChI is InChI=1S/C13H12N/c14-10-12-8-4-5-9-13(12)11-6-2-1-3-7-11/h1-6,8-9H,10,14H2. The van der Waals surface area contributed by atoms with Crippen molar-refractivity contribution in [3.63, 3.8) is 0 Å². The molecule has 2 aromatic carbocycles. The molecule has 0 amide bonds. The van der Waals surface area contributed by atoms with Crippen molar-refractivity contribution >= 4 is 0 Å². The second-order valence-electron chi connectivity index (χ2n) is 3.14. The van der Waals surface area contributed by atoms with Crippen LogP contribution in [-0.4, -0.2) is 0 Å². The van der Waals surface area contributed by atoms with E-state index in [9.17, 15) is 0 Å². The van der Waals surface area contributed by atoms with Gasteiger partial charge < -0.3 is 5.73 Å². The van der Waals surface area contributed by atoms with Gasteiger partial charge in [0.05, 0.1) is 0 Å². The first-order valence-corrected chi connectivity index (χ1v) is 4.67. The monoisotopic (exact) mass is 182 g/mol. The maximum absolute atomic E-state index is 5.67. The van der Waals surface area contributed by atoms with E-state index < -0.39 is 0 Å². The fourth-order valence-electron chi connectivity index (χ4n) is 1.52. The average molecular weight is 182 g/mol. The molecule has 2 rings (SSSR count). The first kappa shape index (κ1) is 8.97. The lowest BCUT2D eigenvalue weighted by Gasteiger charge is -2.06. The Morgan fingerprint density at radius 1 is 1.00 bits per heavy atom. The predicted molar refractivity (Wildman–Crippen MR) is 58.6 cm³/mol. The third-order valence-corrected chi connectivity index (χ3v) is 2.24. The third kappa shape index (κ3) is 1.68. The predicted octanol–water partition coefficient (Wildman–Crippen LogP) is 2.61. The zero-order valence-electron chi connectivity index (χ0n) is 7.90. The van der Waals surface area contributed by atoms with Gasteiger partial charge in [-0.2, -0.15) is 0 Å². The second-order valence-corrected chi connectivity index (χ2v) is 3.14. The fraction of sp³-hybridized carbons (Fsp3) is 0.0769. The summed E-state index contributed by atoms with van der Waals surface area (Å²) >= 11 is 0. The summed E-state index contributed by atoms with van der Waals surface area (Å²) in [6.07, 6.45) is 0. The second kappa shape index (κ2) is 4.07. The van der Waals surface area contributed by atoms with Crippen molar-refractivity contribution in [2.75, 3.05) is 0 Å². The minimum absolute atomic E-state index is 0.568. The lowest BCUT2D eigenvalue weighted by atomic mass is 10.00. The summed E-state index contributed by atoms with van der Waals surface area (Å²) < 4.78 is 0. The summed E-state index contributed by atoms with van der Waals surface area (Å²) in [5, 5.41) is 0. The minimum atomic E-state index is 0.568. The number of nitrogens with two attached hydrogens (primary N) is 1. The summed E-state index contributed by atoms with van der Waals surface area (Å²) in [6, 6.07) is 19.3. The van der Waals surface area contributed by atoms with Crippen LogP contribution in [0.5, 0.6) is 0 Å². The van der Waals surface area contributed by atoms with Crippen LogP contribution in [0.2, 0.25) is 0 Å². The van der Waals surface area contributed by atoms with Crippen LogP contribution in [-0.2, 0) is 6.54 Å². The molecule has 0 bridgehead atoms. The molecule has 69 valence electrons. The van der Waals surface area contributed by atoms with E-state index in [1.165, 1.54) is 5.56 Å². The van der Waals surface area contributed by atoms with Crippen molar-refractivity contribution in [1.29, 1.82) is 0 Å². The molecule has 1 nitrogen and oxygen atoms in total. The molecule has 0 aliphatic heterocycles. The molecule has 0 fully saturated rings. The summed E-state index contributed by atoms with van der Waals surface area (Å²) in [4.78, 5) is 0. The highest BCUT2D eigenvalue weighted by atomic mass is 14.5. The van der Waals surface area contributed by atoms with Crippen LogP contribution in [0.3, 0.4) is 0 Å². The van der Waals surface area contributed by atoms with Crippen molar-refractivity contribution in [3.8, 4) is 11.1 Å². The van der Waals surface area contributed by atoms with Gasteiger partial charge in [0.25, 0.3) is 0 Å². The first-order chi connectivity index (χ1) is 6.92. The first-order valence-electron chi connectivity index (χ1n) is 4.67. The highest BCUT2D eigenvalue weighted by Crippen LogP contribution is 2.22. The van der Waals surface area contributed by atoms with Crippen molar-refractivity contribution in [3.05, 3.63) is 60.2 Å². The smallest absolute Gasteiger partial charge is 0.0184 e. The van der Waals surface area contributed by atoms with Crippen LogP contribution in [0, 0.1) is 6.07 Å². The van der Waals surface area contributed by atoms with E-state index in [0.717, 1.165) is 11.1 Å². The number of hydrogen-bond donors (Lipinski definition) is 1. The molecule has 2 aromatic rings. The van der Waals surface area contributed by atoms with Crippen LogP contribution in [0.1, 0.15) is 5.56 Å². The van der Waals surface area contributed by atoms with Gasteiger partial charge in [0.2, 0.25) is 0 Å². The van der Waals surface area contributed by atoms with Crippen LogP contribution < -0.4 is 5.73 Å². The van der Waals surface area contributed by atoms with E-state index in [2.05, 4.69) is 24.3 Å². The minimum Gasteiger partial charge on any atom is -0.326 e. The van der Waals surface area contributed by atoms with Crippen molar-refractivity contribution < 1.29 is 0 Å². The van der Waals surface area contributed by atoms with Crippen LogP contribution in [0.15, 0.2) is 48.5 Å². The van der Waals surface area contributed by atoms with Crippen molar-refractivity contribution in [2.45, 2.75) is 6.54 Å². The van der Waals surface area contributed by atoms with Crippen molar-refractivity contribution in [2.24, 2.45) is 5.73 Å². The van der Waals surface area contributed by atoms with E-state index in [1.54, 1.807) is 0 Å². The van der Waals surface area contributed by atoms with Gasteiger partial charge in [-0.15, -0.1) is 0 Å². The Bertz CT molecular complexity index is 407. The molecule has 1 radical (unpaired) electrons. The van der Waals surface area contributed by atoms with Crippen LogP contribution in [0.25, 0.3) is 11.1 Å². The largest absolute Gasteiger partial charge is 0.326 e. The van der Waals surface area contributed by atoms with Gasteiger partial charge in [-0.1, -0.05) is 48.5 Å². The Kier molecular flexibility index (Phi) is 2.61. The lowest BCUT2D eigenvalue weighted by Crippen LogP contribution is -1.98. The molecule has 0 aliphatic rings. The molecule has 1 heteroatoms. The van der Waals surface area contributed by atoms with Crippen LogP contribution >= 0.6 is 0 Å². The average Bonchev–Trinajstić information content (AvgIpc) is 2.30. The van der Waals surface area contributed by atoms with E-state index in [4.69, 9.17) is 5.73 Å². The van der Waals surface area contributed by atoms with Gasteiger partial charge in [-0.3, -0.25) is 0 Å². The SMILES string of the molecule is NCc1ccccc1-c1[c]cccc1. The quantitative estimate of drug-likeness (QED) is 0.759. The van der Waals surface area contributed by atoms with Crippen molar-refractivity contribution in [1.82, 2.24) is 0 Å². The Morgan fingerprint density at radius 3 is 2.50 bits per heavy atom. The summed E-state index contributed by atoms with van der Waals surface area (Å²) in [5.41, 5.74) is 9.12.